The van der Waals surface area contributed by atoms with Gasteiger partial charge in [0.05, 0.1) is 17.7 Å². The second kappa shape index (κ2) is 6.38. The van der Waals surface area contributed by atoms with E-state index in [1.54, 1.807) is 19.1 Å². The third kappa shape index (κ3) is 3.59. The summed E-state index contributed by atoms with van der Waals surface area (Å²) in [6.07, 6.45) is -0.670. The van der Waals surface area contributed by atoms with Crippen molar-refractivity contribution in [2.24, 2.45) is 0 Å². The van der Waals surface area contributed by atoms with E-state index >= 15 is 0 Å². The summed E-state index contributed by atoms with van der Waals surface area (Å²) >= 11 is 0. The summed E-state index contributed by atoms with van der Waals surface area (Å²) in [6.45, 7) is 3.56. The molecule has 2 aromatic carbocycles. The molecule has 0 heterocycles. The Hall–Kier alpha value is -2.38. The van der Waals surface area contributed by atoms with Gasteiger partial charge >= 0.3 is 0 Å². The fourth-order valence-electron chi connectivity index (χ4n) is 2.02. The first-order valence-corrected chi connectivity index (χ1v) is 6.61. The molecule has 3 nitrogen and oxygen atoms in total. The van der Waals surface area contributed by atoms with Crippen molar-refractivity contribution >= 4 is 0 Å². The second-order valence-electron chi connectivity index (χ2n) is 4.92. The Morgan fingerprint density at radius 1 is 1.29 bits per heavy atom. The van der Waals surface area contributed by atoms with Crippen molar-refractivity contribution < 1.29 is 14.2 Å². The number of ether oxygens (including phenoxy) is 1. The standard InChI is InChI=1S/C17H16FNO2/c1-11-3-5-15(12(2)20)17(7-11)21-10-14-8-13(9-19)4-6-16(14)18/h3-8,12,20H,10H2,1-2H3/t12-/m1/s1. The molecule has 1 atom stereocenters. The van der Waals surface area contributed by atoms with E-state index in [-0.39, 0.29) is 6.61 Å². The third-order valence-electron chi connectivity index (χ3n) is 3.18. The molecule has 0 fully saturated rings. The van der Waals surface area contributed by atoms with Gasteiger partial charge in [-0.1, -0.05) is 12.1 Å². The summed E-state index contributed by atoms with van der Waals surface area (Å²) in [5, 5.41) is 18.6. The first kappa shape index (κ1) is 15.0. The molecular weight excluding hydrogens is 269 g/mol. The van der Waals surface area contributed by atoms with Crippen molar-refractivity contribution in [3.05, 3.63) is 64.5 Å². The molecule has 1 N–H and O–H groups in total. The number of nitriles is 1. The Morgan fingerprint density at radius 3 is 2.71 bits per heavy atom. The van der Waals surface area contributed by atoms with Crippen LogP contribution >= 0.6 is 0 Å². The maximum atomic E-state index is 13.7. The highest BCUT2D eigenvalue weighted by Gasteiger charge is 2.11. The molecule has 0 aliphatic carbocycles. The molecule has 108 valence electrons. The number of aliphatic hydroxyl groups excluding tert-OH is 1. The molecule has 2 aromatic rings. The van der Waals surface area contributed by atoms with Gasteiger partial charge in [-0.2, -0.15) is 5.26 Å². The van der Waals surface area contributed by atoms with E-state index in [1.165, 1.54) is 18.2 Å². The van der Waals surface area contributed by atoms with Crippen LogP contribution < -0.4 is 4.74 Å². The summed E-state index contributed by atoms with van der Waals surface area (Å²) in [7, 11) is 0. The minimum atomic E-state index is -0.670. The average molecular weight is 285 g/mol. The van der Waals surface area contributed by atoms with Gasteiger partial charge < -0.3 is 9.84 Å². The Balaban J connectivity index is 2.24. The maximum Gasteiger partial charge on any atom is 0.129 e. The smallest absolute Gasteiger partial charge is 0.129 e. The Labute approximate surface area is 123 Å². The van der Waals surface area contributed by atoms with Gasteiger partial charge in [0, 0.05) is 11.1 Å². The third-order valence-corrected chi connectivity index (χ3v) is 3.18. The predicted molar refractivity (Wildman–Crippen MR) is 77.3 cm³/mol. The lowest BCUT2D eigenvalue weighted by molar-refractivity contribution is 0.190. The van der Waals surface area contributed by atoms with Crippen LogP contribution in [0.2, 0.25) is 0 Å². The fraction of sp³-hybridized carbons (Fsp3) is 0.235. The van der Waals surface area contributed by atoms with Crippen LogP contribution in [0.3, 0.4) is 0 Å². The number of hydrogen-bond acceptors (Lipinski definition) is 3. The van der Waals surface area contributed by atoms with Crippen LogP contribution in [0.4, 0.5) is 4.39 Å². The topological polar surface area (TPSA) is 53.2 Å². The van der Waals surface area contributed by atoms with E-state index in [2.05, 4.69) is 0 Å². The molecule has 0 saturated heterocycles. The van der Waals surface area contributed by atoms with Gasteiger partial charge in [-0.05, 0) is 43.7 Å². The van der Waals surface area contributed by atoms with E-state index in [9.17, 15) is 9.50 Å². The highest BCUT2D eigenvalue weighted by atomic mass is 19.1. The van der Waals surface area contributed by atoms with Crippen LogP contribution in [-0.4, -0.2) is 5.11 Å². The Bertz CT molecular complexity index is 690. The van der Waals surface area contributed by atoms with Crippen molar-refractivity contribution in [2.75, 3.05) is 0 Å². The van der Waals surface area contributed by atoms with E-state index in [4.69, 9.17) is 10.00 Å². The van der Waals surface area contributed by atoms with Crippen LogP contribution in [0.1, 0.15) is 35.3 Å². The van der Waals surface area contributed by atoms with Crippen LogP contribution in [0, 0.1) is 24.1 Å². The monoisotopic (exact) mass is 285 g/mol. The first-order chi connectivity index (χ1) is 10.0. The van der Waals surface area contributed by atoms with Crippen molar-refractivity contribution in [3.8, 4) is 11.8 Å². The minimum Gasteiger partial charge on any atom is -0.488 e. The zero-order valence-electron chi connectivity index (χ0n) is 11.9. The SMILES string of the molecule is Cc1ccc([C@@H](C)O)c(OCc2cc(C#N)ccc2F)c1. The predicted octanol–water partition coefficient (Wildman–Crippen LogP) is 3.64. The quantitative estimate of drug-likeness (QED) is 0.933. The van der Waals surface area contributed by atoms with Crippen molar-refractivity contribution in [1.82, 2.24) is 0 Å². The zero-order chi connectivity index (χ0) is 15.4. The Kier molecular flexibility index (Phi) is 4.56. The molecule has 0 aliphatic heterocycles. The number of rotatable bonds is 4. The summed E-state index contributed by atoms with van der Waals surface area (Å²) < 4.78 is 19.3. The molecule has 21 heavy (non-hydrogen) atoms. The normalized spacial score (nSPS) is 11.8. The van der Waals surface area contributed by atoms with Gasteiger partial charge in [-0.15, -0.1) is 0 Å². The van der Waals surface area contributed by atoms with E-state index in [0.717, 1.165) is 5.56 Å². The van der Waals surface area contributed by atoms with Gasteiger partial charge in [0.1, 0.15) is 18.2 Å². The number of aliphatic hydroxyl groups is 1. The maximum absolute atomic E-state index is 13.7. The number of aryl methyl sites for hydroxylation is 1. The van der Waals surface area contributed by atoms with E-state index < -0.39 is 11.9 Å². The number of halogens is 1. The first-order valence-electron chi connectivity index (χ1n) is 6.61. The summed E-state index contributed by atoms with van der Waals surface area (Å²) in [6, 6.07) is 11.6. The van der Waals surface area contributed by atoms with Crippen molar-refractivity contribution in [2.45, 2.75) is 26.6 Å². The highest BCUT2D eigenvalue weighted by Crippen LogP contribution is 2.27. The second-order valence-corrected chi connectivity index (χ2v) is 4.92. The molecule has 2 rings (SSSR count). The van der Waals surface area contributed by atoms with Crippen LogP contribution in [0.5, 0.6) is 5.75 Å². The zero-order valence-corrected chi connectivity index (χ0v) is 11.9. The number of hydrogen-bond donors (Lipinski definition) is 1. The molecule has 0 aliphatic rings. The lowest BCUT2D eigenvalue weighted by atomic mass is 10.1. The van der Waals surface area contributed by atoms with Gasteiger partial charge in [0.2, 0.25) is 0 Å². The molecule has 0 spiro atoms. The fourth-order valence-corrected chi connectivity index (χ4v) is 2.02. The molecule has 0 radical (unpaired) electrons. The lowest BCUT2D eigenvalue weighted by Gasteiger charge is -2.14. The molecule has 4 heteroatoms. The molecule has 0 unspecified atom stereocenters. The van der Waals surface area contributed by atoms with Gasteiger partial charge in [-0.25, -0.2) is 4.39 Å². The molecule has 0 bridgehead atoms. The van der Waals surface area contributed by atoms with Crippen LogP contribution in [0.25, 0.3) is 0 Å². The van der Waals surface area contributed by atoms with Gasteiger partial charge in [-0.3, -0.25) is 0 Å². The number of benzene rings is 2. The Morgan fingerprint density at radius 2 is 2.05 bits per heavy atom. The molecular formula is C17H16FNO2. The van der Waals surface area contributed by atoms with Crippen molar-refractivity contribution in [1.29, 1.82) is 5.26 Å². The van der Waals surface area contributed by atoms with Gasteiger partial charge in [0.15, 0.2) is 0 Å². The summed E-state index contributed by atoms with van der Waals surface area (Å²) in [5.74, 6) is 0.104. The molecule has 0 amide bonds. The van der Waals surface area contributed by atoms with E-state index in [0.29, 0.717) is 22.4 Å². The van der Waals surface area contributed by atoms with Gasteiger partial charge in [0.25, 0.3) is 0 Å². The van der Waals surface area contributed by atoms with Crippen molar-refractivity contribution in [3.63, 3.8) is 0 Å². The largest absolute Gasteiger partial charge is 0.488 e. The lowest BCUT2D eigenvalue weighted by Crippen LogP contribution is -2.03. The van der Waals surface area contributed by atoms with E-state index in [1.807, 2.05) is 19.1 Å². The highest BCUT2D eigenvalue weighted by molar-refractivity contribution is 5.39. The summed E-state index contributed by atoms with van der Waals surface area (Å²) in [4.78, 5) is 0. The summed E-state index contributed by atoms with van der Waals surface area (Å²) in [5.41, 5.74) is 2.33. The van der Waals surface area contributed by atoms with Crippen LogP contribution in [0.15, 0.2) is 36.4 Å². The number of nitrogens with zero attached hydrogens (tertiary/aromatic N) is 1. The average Bonchev–Trinajstić information content (AvgIpc) is 2.46. The minimum absolute atomic E-state index is 0.00449. The van der Waals surface area contributed by atoms with Crippen LogP contribution in [-0.2, 0) is 6.61 Å². The molecule has 0 aromatic heterocycles. The molecule has 0 saturated carbocycles.